The molecule has 0 saturated carbocycles. The van der Waals surface area contributed by atoms with E-state index in [-0.39, 0.29) is 0 Å². The summed E-state index contributed by atoms with van der Waals surface area (Å²) >= 11 is 0. The molecular formula is C14H18N2O2. The summed E-state index contributed by atoms with van der Waals surface area (Å²) in [5.74, 6) is 2.49. The topological polar surface area (TPSA) is 47.3 Å². The minimum Gasteiger partial charge on any atom is -0.497 e. The SMILES string of the molecule is COc1ccc(CNCc2nc(C)c(C)o2)cc1. The number of aromatic nitrogens is 1. The highest BCUT2D eigenvalue weighted by molar-refractivity contribution is 5.27. The number of nitrogens with one attached hydrogen (secondary N) is 1. The highest BCUT2D eigenvalue weighted by Crippen LogP contribution is 2.11. The van der Waals surface area contributed by atoms with Crippen LogP contribution in [0, 0.1) is 13.8 Å². The Morgan fingerprint density at radius 3 is 2.44 bits per heavy atom. The van der Waals surface area contributed by atoms with Gasteiger partial charge in [0.2, 0.25) is 5.89 Å². The predicted octanol–water partition coefficient (Wildman–Crippen LogP) is 2.59. The van der Waals surface area contributed by atoms with E-state index < -0.39 is 0 Å². The number of methoxy groups -OCH3 is 1. The van der Waals surface area contributed by atoms with Crippen LogP contribution in [0.2, 0.25) is 0 Å². The molecule has 1 aromatic heterocycles. The Morgan fingerprint density at radius 2 is 1.89 bits per heavy atom. The summed E-state index contributed by atoms with van der Waals surface area (Å²) < 4.78 is 10.6. The maximum absolute atomic E-state index is 5.50. The van der Waals surface area contributed by atoms with E-state index in [2.05, 4.69) is 10.3 Å². The number of nitrogens with zero attached hydrogens (tertiary/aromatic N) is 1. The second kappa shape index (κ2) is 5.69. The third-order valence-electron chi connectivity index (χ3n) is 2.84. The van der Waals surface area contributed by atoms with Crippen molar-refractivity contribution in [1.82, 2.24) is 10.3 Å². The standard InChI is InChI=1S/C14H18N2O2/c1-10-11(2)18-14(16-10)9-15-8-12-4-6-13(17-3)7-5-12/h4-7,15H,8-9H2,1-3H3. The van der Waals surface area contributed by atoms with Crippen LogP contribution in [0.1, 0.15) is 22.9 Å². The van der Waals surface area contributed by atoms with E-state index in [4.69, 9.17) is 9.15 Å². The molecular weight excluding hydrogens is 228 g/mol. The zero-order valence-electron chi connectivity index (χ0n) is 11.0. The average Bonchev–Trinajstić information content (AvgIpc) is 2.69. The fourth-order valence-electron chi connectivity index (χ4n) is 1.67. The largest absolute Gasteiger partial charge is 0.497 e. The van der Waals surface area contributed by atoms with Crippen LogP contribution in [0.5, 0.6) is 5.75 Å². The van der Waals surface area contributed by atoms with Crippen molar-refractivity contribution in [2.45, 2.75) is 26.9 Å². The van der Waals surface area contributed by atoms with Crippen molar-refractivity contribution in [3.8, 4) is 5.75 Å². The van der Waals surface area contributed by atoms with Gasteiger partial charge in [0, 0.05) is 6.54 Å². The number of hydrogen-bond donors (Lipinski definition) is 1. The lowest BCUT2D eigenvalue weighted by Crippen LogP contribution is -2.12. The van der Waals surface area contributed by atoms with Crippen molar-refractivity contribution >= 4 is 0 Å². The Labute approximate surface area is 107 Å². The van der Waals surface area contributed by atoms with Gasteiger partial charge in [-0.15, -0.1) is 0 Å². The molecule has 0 spiro atoms. The quantitative estimate of drug-likeness (QED) is 0.881. The van der Waals surface area contributed by atoms with Crippen LogP contribution >= 0.6 is 0 Å². The fourth-order valence-corrected chi connectivity index (χ4v) is 1.67. The van der Waals surface area contributed by atoms with Gasteiger partial charge in [-0.2, -0.15) is 0 Å². The van der Waals surface area contributed by atoms with Crippen LogP contribution in [-0.4, -0.2) is 12.1 Å². The second-order valence-electron chi connectivity index (χ2n) is 4.20. The molecule has 2 rings (SSSR count). The third kappa shape index (κ3) is 3.11. The lowest BCUT2D eigenvalue weighted by Gasteiger charge is -2.04. The molecule has 96 valence electrons. The Kier molecular flexibility index (Phi) is 3.99. The molecule has 0 atom stereocenters. The molecule has 1 N–H and O–H groups in total. The van der Waals surface area contributed by atoms with Gasteiger partial charge >= 0.3 is 0 Å². The first-order chi connectivity index (χ1) is 8.69. The maximum atomic E-state index is 5.50. The summed E-state index contributed by atoms with van der Waals surface area (Å²) in [6.07, 6.45) is 0. The highest BCUT2D eigenvalue weighted by Gasteiger charge is 2.04. The van der Waals surface area contributed by atoms with E-state index in [9.17, 15) is 0 Å². The van der Waals surface area contributed by atoms with Gasteiger partial charge in [-0.1, -0.05) is 12.1 Å². The lowest BCUT2D eigenvalue weighted by molar-refractivity contribution is 0.414. The Morgan fingerprint density at radius 1 is 1.17 bits per heavy atom. The summed E-state index contributed by atoms with van der Waals surface area (Å²) in [6, 6.07) is 7.99. The Bertz CT molecular complexity index is 484. The minimum absolute atomic E-state index is 0.640. The molecule has 1 aromatic carbocycles. The molecule has 4 heteroatoms. The summed E-state index contributed by atoms with van der Waals surface area (Å²) in [7, 11) is 1.67. The number of aryl methyl sites for hydroxylation is 2. The molecule has 0 saturated heterocycles. The van der Waals surface area contributed by atoms with E-state index in [1.54, 1.807) is 7.11 Å². The normalized spacial score (nSPS) is 10.6. The van der Waals surface area contributed by atoms with Crippen LogP contribution in [0.15, 0.2) is 28.7 Å². The zero-order valence-corrected chi connectivity index (χ0v) is 11.0. The monoisotopic (exact) mass is 246 g/mol. The van der Waals surface area contributed by atoms with E-state index in [1.165, 1.54) is 5.56 Å². The van der Waals surface area contributed by atoms with Gasteiger partial charge in [0.05, 0.1) is 19.3 Å². The molecule has 0 fully saturated rings. The molecule has 0 aliphatic heterocycles. The Balaban J connectivity index is 1.84. The summed E-state index contributed by atoms with van der Waals surface area (Å²) in [6.45, 7) is 5.30. The van der Waals surface area contributed by atoms with Crippen molar-refractivity contribution in [1.29, 1.82) is 0 Å². The predicted molar refractivity (Wildman–Crippen MR) is 69.5 cm³/mol. The molecule has 18 heavy (non-hydrogen) atoms. The lowest BCUT2D eigenvalue weighted by atomic mass is 10.2. The van der Waals surface area contributed by atoms with E-state index >= 15 is 0 Å². The van der Waals surface area contributed by atoms with Gasteiger partial charge in [0.1, 0.15) is 11.5 Å². The van der Waals surface area contributed by atoms with Crippen LogP contribution < -0.4 is 10.1 Å². The summed E-state index contributed by atoms with van der Waals surface area (Å²) in [5.41, 5.74) is 2.16. The molecule has 0 radical (unpaired) electrons. The number of rotatable bonds is 5. The van der Waals surface area contributed by atoms with Crippen LogP contribution in [0.25, 0.3) is 0 Å². The minimum atomic E-state index is 0.640. The third-order valence-corrected chi connectivity index (χ3v) is 2.84. The van der Waals surface area contributed by atoms with Gasteiger partial charge < -0.3 is 14.5 Å². The molecule has 0 amide bonds. The first-order valence-electron chi connectivity index (χ1n) is 5.95. The molecule has 0 aliphatic rings. The van der Waals surface area contributed by atoms with Crippen molar-refractivity contribution in [3.05, 3.63) is 47.2 Å². The molecule has 0 unspecified atom stereocenters. The second-order valence-corrected chi connectivity index (χ2v) is 4.20. The smallest absolute Gasteiger partial charge is 0.208 e. The fraction of sp³-hybridized carbons (Fsp3) is 0.357. The number of oxazole rings is 1. The molecule has 2 aromatic rings. The van der Waals surface area contributed by atoms with Crippen LogP contribution in [0.4, 0.5) is 0 Å². The summed E-state index contributed by atoms with van der Waals surface area (Å²) in [4.78, 5) is 4.32. The van der Waals surface area contributed by atoms with Gasteiger partial charge in [-0.3, -0.25) is 0 Å². The van der Waals surface area contributed by atoms with Crippen molar-refractivity contribution in [3.63, 3.8) is 0 Å². The number of hydrogen-bond acceptors (Lipinski definition) is 4. The van der Waals surface area contributed by atoms with Crippen molar-refractivity contribution in [2.75, 3.05) is 7.11 Å². The van der Waals surface area contributed by atoms with Gasteiger partial charge in [0.25, 0.3) is 0 Å². The van der Waals surface area contributed by atoms with Gasteiger partial charge in [0.15, 0.2) is 0 Å². The first-order valence-corrected chi connectivity index (χ1v) is 5.95. The van der Waals surface area contributed by atoms with E-state index in [0.717, 1.165) is 29.6 Å². The molecule has 1 heterocycles. The zero-order chi connectivity index (χ0) is 13.0. The van der Waals surface area contributed by atoms with E-state index in [0.29, 0.717) is 6.54 Å². The van der Waals surface area contributed by atoms with Gasteiger partial charge in [-0.25, -0.2) is 4.98 Å². The van der Waals surface area contributed by atoms with Gasteiger partial charge in [-0.05, 0) is 31.5 Å². The molecule has 0 aliphatic carbocycles. The van der Waals surface area contributed by atoms with Crippen LogP contribution in [0.3, 0.4) is 0 Å². The maximum Gasteiger partial charge on any atom is 0.208 e. The number of benzene rings is 1. The highest BCUT2D eigenvalue weighted by atomic mass is 16.5. The molecule has 4 nitrogen and oxygen atoms in total. The number of ether oxygens (including phenoxy) is 1. The first kappa shape index (κ1) is 12.6. The Hall–Kier alpha value is -1.81. The van der Waals surface area contributed by atoms with E-state index in [1.807, 2.05) is 38.1 Å². The van der Waals surface area contributed by atoms with Crippen LogP contribution in [-0.2, 0) is 13.1 Å². The van der Waals surface area contributed by atoms with Crippen molar-refractivity contribution < 1.29 is 9.15 Å². The average molecular weight is 246 g/mol. The summed E-state index contributed by atoms with van der Waals surface area (Å²) in [5, 5.41) is 3.30. The molecule has 0 bridgehead atoms. The van der Waals surface area contributed by atoms with Crippen molar-refractivity contribution in [2.24, 2.45) is 0 Å².